The molecule has 2 rings (SSSR count). The standard InChI is InChI=1S/C19H24O2/c1-3-7-15-8-5-9-16(13-15)19(20)17-10-6-11-18(14-17)21-12-4-2/h5-6,8-11,13-14,19-20H,3-4,7,12H2,1-2H3. The molecule has 0 aromatic heterocycles. The predicted octanol–water partition coefficient (Wildman–Crippen LogP) is 4.51. The SMILES string of the molecule is CCCOc1cccc(C(O)c2cccc(CCC)c2)c1. The van der Waals surface area contributed by atoms with E-state index in [0.29, 0.717) is 6.61 Å². The fourth-order valence-corrected chi connectivity index (χ4v) is 2.39. The van der Waals surface area contributed by atoms with Gasteiger partial charge >= 0.3 is 0 Å². The van der Waals surface area contributed by atoms with Crippen molar-refractivity contribution in [3.63, 3.8) is 0 Å². The van der Waals surface area contributed by atoms with E-state index in [1.165, 1.54) is 5.56 Å². The van der Waals surface area contributed by atoms with Gasteiger partial charge in [0.25, 0.3) is 0 Å². The minimum Gasteiger partial charge on any atom is -0.494 e. The van der Waals surface area contributed by atoms with Crippen molar-refractivity contribution in [1.82, 2.24) is 0 Å². The van der Waals surface area contributed by atoms with E-state index in [-0.39, 0.29) is 0 Å². The van der Waals surface area contributed by atoms with E-state index in [2.05, 4.69) is 26.0 Å². The van der Waals surface area contributed by atoms with Crippen LogP contribution in [0.5, 0.6) is 5.75 Å². The molecule has 0 bridgehead atoms. The van der Waals surface area contributed by atoms with Gasteiger partial charge in [-0.05, 0) is 41.7 Å². The van der Waals surface area contributed by atoms with Gasteiger partial charge in [-0.3, -0.25) is 0 Å². The van der Waals surface area contributed by atoms with Gasteiger partial charge in [-0.25, -0.2) is 0 Å². The molecule has 2 nitrogen and oxygen atoms in total. The van der Waals surface area contributed by atoms with Crippen molar-refractivity contribution in [1.29, 1.82) is 0 Å². The van der Waals surface area contributed by atoms with Crippen LogP contribution in [0.4, 0.5) is 0 Å². The number of aliphatic hydroxyl groups excluding tert-OH is 1. The van der Waals surface area contributed by atoms with Crippen LogP contribution < -0.4 is 4.74 Å². The van der Waals surface area contributed by atoms with Crippen molar-refractivity contribution in [2.45, 2.75) is 39.2 Å². The normalized spacial score (nSPS) is 12.1. The van der Waals surface area contributed by atoms with Gasteiger partial charge in [0.05, 0.1) is 6.61 Å². The van der Waals surface area contributed by atoms with Gasteiger partial charge in [0.15, 0.2) is 0 Å². The van der Waals surface area contributed by atoms with Crippen LogP contribution in [0, 0.1) is 0 Å². The van der Waals surface area contributed by atoms with Crippen molar-refractivity contribution in [2.24, 2.45) is 0 Å². The summed E-state index contributed by atoms with van der Waals surface area (Å²) in [7, 11) is 0. The van der Waals surface area contributed by atoms with Crippen LogP contribution in [-0.4, -0.2) is 11.7 Å². The van der Waals surface area contributed by atoms with E-state index in [1.54, 1.807) is 0 Å². The molecular formula is C19H24O2. The number of rotatable bonds is 7. The number of aliphatic hydroxyl groups is 1. The van der Waals surface area contributed by atoms with E-state index in [4.69, 9.17) is 4.74 Å². The van der Waals surface area contributed by atoms with E-state index < -0.39 is 6.10 Å². The summed E-state index contributed by atoms with van der Waals surface area (Å²) >= 11 is 0. The zero-order chi connectivity index (χ0) is 15.1. The van der Waals surface area contributed by atoms with Gasteiger partial charge in [0.1, 0.15) is 11.9 Å². The van der Waals surface area contributed by atoms with Crippen molar-refractivity contribution < 1.29 is 9.84 Å². The zero-order valence-electron chi connectivity index (χ0n) is 12.9. The Morgan fingerprint density at radius 2 is 1.67 bits per heavy atom. The van der Waals surface area contributed by atoms with Crippen LogP contribution in [0.15, 0.2) is 48.5 Å². The molecule has 0 fully saturated rings. The summed E-state index contributed by atoms with van der Waals surface area (Å²) in [5.41, 5.74) is 3.08. The van der Waals surface area contributed by atoms with Gasteiger partial charge < -0.3 is 9.84 Å². The maximum absolute atomic E-state index is 10.6. The van der Waals surface area contributed by atoms with Gasteiger partial charge in [0, 0.05) is 0 Å². The molecule has 0 heterocycles. The third-order valence-electron chi connectivity index (χ3n) is 3.45. The highest BCUT2D eigenvalue weighted by Crippen LogP contribution is 2.26. The Balaban J connectivity index is 2.18. The molecule has 2 heteroatoms. The zero-order valence-corrected chi connectivity index (χ0v) is 12.9. The first-order chi connectivity index (χ1) is 10.2. The van der Waals surface area contributed by atoms with Gasteiger partial charge in [-0.15, -0.1) is 0 Å². The number of ether oxygens (including phenoxy) is 1. The van der Waals surface area contributed by atoms with Crippen LogP contribution in [0.1, 0.15) is 49.5 Å². The van der Waals surface area contributed by atoms with Gasteiger partial charge in [0.2, 0.25) is 0 Å². The van der Waals surface area contributed by atoms with Crippen LogP contribution in [0.25, 0.3) is 0 Å². The summed E-state index contributed by atoms with van der Waals surface area (Å²) in [6.45, 7) is 4.95. The van der Waals surface area contributed by atoms with Crippen LogP contribution in [0.2, 0.25) is 0 Å². The van der Waals surface area contributed by atoms with E-state index in [9.17, 15) is 5.11 Å². The Bertz CT molecular complexity index is 563. The maximum Gasteiger partial charge on any atom is 0.119 e. The number of hydrogen-bond donors (Lipinski definition) is 1. The molecule has 2 aromatic carbocycles. The molecule has 0 aliphatic heterocycles. The van der Waals surface area contributed by atoms with Crippen molar-refractivity contribution in [3.05, 3.63) is 65.2 Å². The molecule has 0 saturated carbocycles. The quantitative estimate of drug-likeness (QED) is 0.810. The molecule has 0 saturated heterocycles. The lowest BCUT2D eigenvalue weighted by Crippen LogP contribution is -2.02. The van der Waals surface area contributed by atoms with Crippen molar-refractivity contribution >= 4 is 0 Å². The fraction of sp³-hybridized carbons (Fsp3) is 0.368. The Labute approximate surface area is 127 Å². The lowest BCUT2D eigenvalue weighted by molar-refractivity contribution is 0.219. The van der Waals surface area contributed by atoms with Crippen LogP contribution >= 0.6 is 0 Å². The Kier molecular flexibility index (Phi) is 5.82. The lowest BCUT2D eigenvalue weighted by Gasteiger charge is -2.14. The number of benzene rings is 2. The highest BCUT2D eigenvalue weighted by atomic mass is 16.5. The van der Waals surface area contributed by atoms with E-state index >= 15 is 0 Å². The third kappa shape index (κ3) is 4.33. The average molecular weight is 284 g/mol. The minimum atomic E-state index is -0.605. The van der Waals surface area contributed by atoms with Crippen LogP contribution in [0.3, 0.4) is 0 Å². The highest BCUT2D eigenvalue weighted by molar-refractivity contribution is 5.36. The molecule has 0 aliphatic rings. The first kappa shape index (κ1) is 15.6. The summed E-state index contributed by atoms with van der Waals surface area (Å²) in [6.07, 6.45) is 2.53. The topological polar surface area (TPSA) is 29.5 Å². The summed E-state index contributed by atoms with van der Waals surface area (Å²) in [5.74, 6) is 0.818. The maximum atomic E-state index is 10.6. The second-order valence-corrected chi connectivity index (χ2v) is 5.32. The minimum absolute atomic E-state index is 0.605. The molecule has 112 valence electrons. The smallest absolute Gasteiger partial charge is 0.119 e. The molecule has 0 radical (unpaired) electrons. The summed E-state index contributed by atoms with van der Waals surface area (Å²) in [4.78, 5) is 0. The Hall–Kier alpha value is -1.80. The Morgan fingerprint density at radius 1 is 0.952 bits per heavy atom. The molecule has 1 unspecified atom stereocenters. The highest BCUT2D eigenvalue weighted by Gasteiger charge is 2.11. The molecule has 0 spiro atoms. The average Bonchev–Trinajstić information content (AvgIpc) is 2.53. The number of aryl methyl sites for hydroxylation is 1. The van der Waals surface area contributed by atoms with E-state index in [1.807, 2.05) is 36.4 Å². The summed E-state index contributed by atoms with van der Waals surface area (Å²) in [6, 6.07) is 15.9. The van der Waals surface area contributed by atoms with Crippen molar-refractivity contribution in [3.8, 4) is 5.75 Å². The predicted molar refractivity (Wildman–Crippen MR) is 86.7 cm³/mol. The van der Waals surface area contributed by atoms with Crippen LogP contribution in [-0.2, 0) is 6.42 Å². The molecule has 2 aromatic rings. The molecular weight excluding hydrogens is 260 g/mol. The second-order valence-electron chi connectivity index (χ2n) is 5.32. The Morgan fingerprint density at radius 3 is 2.38 bits per heavy atom. The number of hydrogen-bond acceptors (Lipinski definition) is 2. The first-order valence-electron chi connectivity index (χ1n) is 7.74. The fourth-order valence-electron chi connectivity index (χ4n) is 2.39. The largest absolute Gasteiger partial charge is 0.494 e. The van der Waals surface area contributed by atoms with Gasteiger partial charge in [-0.2, -0.15) is 0 Å². The summed E-state index contributed by atoms with van der Waals surface area (Å²) in [5, 5.41) is 10.6. The van der Waals surface area contributed by atoms with E-state index in [0.717, 1.165) is 36.1 Å². The molecule has 0 amide bonds. The molecule has 0 aliphatic carbocycles. The first-order valence-corrected chi connectivity index (χ1v) is 7.74. The second kappa shape index (κ2) is 7.84. The summed E-state index contributed by atoms with van der Waals surface area (Å²) < 4.78 is 5.63. The van der Waals surface area contributed by atoms with Crippen molar-refractivity contribution in [2.75, 3.05) is 6.61 Å². The third-order valence-corrected chi connectivity index (χ3v) is 3.45. The molecule has 1 atom stereocenters. The van der Waals surface area contributed by atoms with Gasteiger partial charge in [-0.1, -0.05) is 56.7 Å². The molecule has 21 heavy (non-hydrogen) atoms. The molecule has 1 N–H and O–H groups in total. The monoisotopic (exact) mass is 284 g/mol. The lowest BCUT2D eigenvalue weighted by atomic mass is 9.98.